The van der Waals surface area contributed by atoms with Gasteiger partial charge in [-0.25, -0.2) is 4.79 Å². The van der Waals surface area contributed by atoms with Crippen molar-refractivity contribution in [1.29, 1.82) is 0 Å². The van der Waals surface area contributed by atoms with Crippen LogP contribution < -0.4 is 59.3 Å². The quantitative estimate of drug-likeness (QED) is 0.0200. The van der Waals surface area contributed by atoms with Crippen molar-refractivity contribution in [1.82, 2.24) is 52.8 Å². The van der Waals surface area contributed by atoms with Crippen molar-refractivity contribution in [3.8, 4) is 0 Å². The second-order valence-electron chi connectivity index (χ2n) is 26.5. The summed E-state index contributed by atoms with van der Waals surface area (Å²) in [4.78, 5) is 68.6. The van der Waals surface area contributed by atoms with Crippen LogP contribution in [0.5, 0.6) is 0 Å². The first-order valence-corrected chi connectivity index (χ1v) is 40.2. The molecule has 0 bridgehead atoms. The van der Waals surface area contributed by atoms with E-state index in [2.05, 4.69) is 61.7 Å². The molecule has 0 saturated carbocycles. The Morgan fingerprint density at radius 2 is 0.648 bits per heavy atom. The lowest BCUT2D eigenvalue weighted by molar-refractivity contribution is -0.128. The zero-order chi connectivity index (χ0) is 66.6. The number of carbonyl (C=O) groups excluding carboxylic acids is 5. The molecule has 0 unspecified atom stereocenters. The SMILES string of the molecule is CCCCCCCCCCCCCCCCCCNC(=O)[C@H](CSSC[C@H](NC(=O)CNCCCNCCCCN(CCCN)C(=O)OC(C)(C)C)C(=O)NCCCCCCCCCCCCCCCCCC)NC(=O)CNCCCNCCCCNCCCN. The molecule has 0 saturated heterocycles. The van der Waals surface area contributed by atoms with Crippen LogP contribution >= 0.6 is 21.6 Å². The summed E-state index contributed by atoms with van der Waals surface area (Å²) in [5, 5.41) is 29.1. The zero-order valence-electron chi connectivity index (χ0n) is 59.5. The van der Waals surface area contributed by atoms with Crippen molar-refractivity contribution in [3.63, 3.8) is 0 Å². The molecule has 0 aromatic carbocycles. The lowest BCUT2D eigenvalue weighted by Crippen LogP contribution is -2.51. The molecule has 0 aliphatic rings. The molecular weight excluding hydrogens is 1180 g/mol. The van der Waals surface area contributed by atoms with Gasteiger partial charge in [0, 0.05) is 37.7 Å². The van der Waals surface area contributed by atoms with Crippen molar-refractivity contribution in [3.05, 3.63) is 0 Å². The third-order valence-electron chi connectivity index (χ3n) is 16.3. The van der Waals surface area contributed by atoms with Crippen LogP contribution in [0.1, 0.15) is 291 Å². The number of hydrogen-bond donors (Lipinski definition) is 11. The highest BCUT2D eigenvalue weighted by molar-refractivity contribution is 8.76. The van der Waals surface area contributed by atoms with E-state index in [0.717, 1.165) is 129 Å². The van der Waals surface area contributed by atoms with Gasteiger partial charge in [0.2, 0.25) is 23.6 Å². The Morgan fingerprint density at radius 3 is 0.989 bits per heavy atom. The summed E-state index contributed by atoms with van der Waals surface area (Å²) < 4.78 is 5.59. The average Bonchev–Trinajstić information content (AvgIpc) is 3.73. The van der Waals surface area contributed by atoms with E-state index < -0.39 is 17.7 Å². The van der Waals surface area contributed by atoms with Crippen LogP contribution in [0, 0.1) is 0 Å². The molecule has 0 aromatic heterocycles. The van der Waals surface area contributed by atoms with Crippen LogP contribution in [0.25, 0.3) is 0 Å². The molecule has 0 heterocycles. The summed E-state index contributed by atoms with van der Waals surface area (Å²) in [6, 6.07) is -1.52. The van der Waals surface area contributed by atoms with Crippen LogP contribution in [-0.4, -0.2) is 169 Å². The van der Waals surface area contributed by atoms with E-state index in [1.165, 1.54) is 189 Å². The van der Waals surface area contributed by atoms with Gasteiger partial charge in [0.15, 0.2) is 0 Å². The lowest BCUT2D eigenvalue weighted by Gasteiger charge is -2.27. The molecule has 91 heavy (non-hydrogen) atoms. The number of amides is 5. The summed E-state index contributed by atoms with van der Waals surface area (Å²) in [6.07, 6.45) is 48.2. The van der Waals surface area contributed by atoms with Gasteiger partial charge in [-0.05, 0) is 150 Å². The van der Waals surface area contributed by atoms with E-state index in [1.807, 2.05) is 20.8 Å². The van der Waals surface area contributed by atoms with Gasteiger partial charge in [0.05, 0.1) is 13.1 Å². The molecule has 0 aromatic rings. The van der Waals surface area contributed by atoms with Crippen molar-refractivity contribution >= 4 is 51.3 Å². The van der Waals surface area contributed by atoms with Gasteiger partial charge in [-0.1, -0.05) is 228 Å². The number of ether oxygens (including phenoxy) is 1. The smallest absolute Gasteiger partial charge is 0.410 e. The number of nitrogens with two attached hydrogens (primary N) is 2. The third kappa shape index (κ3) is 64.7. The summed E-state index contributed by atoms with van der Waals surface area (Å²) in [7, 11) is 2.86. The highest BCUT2D eigenvalue weighted by Crippen LogP contribution is 2.24. The van der Waals surface area contributed by atoms with Crippen LogP contribution in [-0.2, 0) is 23.9 Å². The maximum absolute atomic E-state index is 13.8. The Hall–Kier alpha value is -2.43. The molecule has 0 fully saturated rings. The molecule has 0 aliphatic carbocycles. The van der Waals surface area contributed by atoms with E-state index in [-0.39, 0.29) is 42.8 Å². The number of nitrogens with one attached hydrogen (secondary N) is 9. The van der Waals surface area contributed by atoms with E-state index in [4.69, 9.17) is 16.2 Å². The number of rotatable bonds is 71. The fraction of sp³-hybridized carbons (Fsp3) is 0.930. The number of unbranched alkanes of at least 4 members (excludes halogenated alkanes) is 32. The van der Waals surface area contributed by atoms with E-state index in [1.54, 1.807) is 4.90 Å². The van der Waals surface area contributed by atoms with Crippen molar-refractivity contribution in [2.45, 2.75) is 309 Å². The molecule has 5 amide bonds. The van der Waals surface area contributed by atoms with Crippen LogP contribution in [0.4, 0.5) is 4.79 Å². The normalized spacial score (nSPS) is 12.3. The highest BCUT2D eigenvalue weighted by Gasteiger charge is 2.25. The Balaban J connectivity index is 5.32. The molecule has 20 heteroatoms. The molecule has 2 atom stereocenters. The van der Waals surface area contributed by atoms with Crippen LogP contribution in [0.2, 0.25) is 0 Å². The summed E-state index contributed by atoms with van der Waals surface area (Å²) in [5.41, 5.74) is 10.7. The van der Waals surface area contributed by atoms with Gasteiger partial charge in [0.1, 0.15) is 17.7 Å². The van der Waals surface area contributed by atoms with Crippen LogP contribution in [0.3, 0.4) is 0 Å². The first-order valence-electron chi connectivity index (χ1n) is 37.7. The molecule has 13 N–H and O–H groups in total. The Bertz CT molecular complexity index is 1640. The fourth-order valence-corrected chi connectivity index (χ4v) is 13.1. The second-order valence-corrected chi connectivity index (χ2v) is 29.0. The Kier molecular flexibility index (Phi) is 67.1. The molecule has 538 valence electrons. The van der Waals surface area contributed by atoms with Gasteiger partial charge >= 0.3 is 6.09 Å². The summed E-state index contributed by atoms with van der Waals surface area (Å²) in [6.45, 7) is 20.6. The van der Waals surface area contributed by atoms with Crippen LogP contribution in [0.15, 0.2) is 0 Å². The van der Waals surface area contributed by atoms with Crippen molar-refractivity contribution < 1.29 is 28.7 Å². The average molecular weight is 1330 g/mol. The predicted octanol–water partition coefficient (Wildman–Crippen LogP) is 12.3. The van der Waals surface area contributed by atoms with E-state index in [9.17, 15) is 24.0 Å². The zero-order valence-corrected chi connectivity index (χ0v) is 61.2. The monoisotopic (exact) mass is 1330 g/mol. The number of carbonyl (C=O) groups is 5. The third-order valence-corrected chi connectivity index (χ3v) is 18.8. The van der Waals surface area contributed by atoms with Gasteiger partial charge in [-0.15, -0.1) is 0 Å². The number of hydrogen-bond acceptors (Lipinski definition) is 15. The highest BCUT2D eigenvalue weighted by atomic mass is 33.1. The molecule has 18 nitrogen and oxygen atoms in total. The largest absolute Gasteiger partial charge is 0.444 e. The standard InChI is InChI=1S/C71H146N12O6S2/c1-6-8-10-12-14-16-18-20-22-24-26-28-30-32-34-36-56-79-68(86)64(81-66(84)60-77-54-44-52-75-49-39-38-48-74-51-42-46-72)62-90-91-63-65(69(87)80-57-37-35-33-31-29-27-25-23-21-19-17-15-13-11-9-7-2)82-67(85)61-78-55-45-53-76-50-40-41-58-83(59-43-47-73)70(88)89-71(3,4)5/h64-65,74-78H,6-63,72-73H2,1-5H3,(H,79,86)(H,80,87)(H,81,84)(H,82,85)/t64-,65-/m0/s1. The number of nitrogens with zero attached hydrogens (tertiary/aromatic N) is 1. The lowest BCUT2D eigenvalue weighted by atomic mass is 10.0. The molecule has 0 rings (SSSR count). The fourth-order valence-electron chi connectivity index (χ4n) is 10.7. The van der Waals surface area contributed by atoms with Gasteiger partial charge in [-0.2, -0.15) is 0 Å². The van der Waals surface area contributed by atoms with Crippen molar-refractivity contribution in [2.24, 2.45) is 11.5 Å². The molecule has 0 aliphatic heterocycles. The predicted molar refractivity (Wildman–Crippen MR) is 391 cm³/mol. The molecule has 0 spiro atoms. The van der Waals surface area contributed by atoms with Gasteiger partial charge in [0.25, 0.3) is 0 Å². The maximum Gasteiger partial charge on any atom is 0.410 e. The summed E-state index contributed by atoms with van der Waals surface area (Å²) in [5.74, 6) is -0.295. The Labute approximate surface area is 566 Å². The minimum Gasteiger partial charge on any atom is -0.444 e. The van der Waals surface area contributed by atoms with Crippen molar-refractivity contribution in [2.75, 3.05) is 116 Å². The summed E-state index contributed by atoms with van der Waals surface area (Å²) >= 11 is 0. The topological polar surface area (TPSA) is 258 Å². The second kappa shape index (κ2) is 68.9. The Morgan fingerprint density at radius 1 is 0.363 bits per heavy atom. The molecular formula is C71H146N12O6S2. The first kappa shape index (κ1) is 88.6. The van der Waals surface area contributed by atoms with E-state index in [0.29, 0.717) is 63.9 Å². The minimum atomic E-state index is -0.769. The minimum absolute atomic E-state index is 0.0798. The van der Waals surface area contributed by atoms with E-state index >= 15 is 0 Å². The van der Waals surface area contributed by atoms with Gasteiger partial charge < -0.3 is 69.0 Å². The maximum atomic E-state index is 13.8. The van der Waals surface area contributed by atoms with Gasteiger partial charge in [-0.3, -0.25) is 19.2 Å². The first-order chi connectivity index (χ1) is 44.4. The molecule has 0 radical (unpaired) electrons.